The zero-order chi connectivity index (χ0) is 20.9. The fourth-order valence-electron chi connectivity index (χ4n) is 4.45. The van der Waals surface area contributed by atoms with E-state index in [4.69, 9.17) is 0 Å². The lowest BCUT2D eigenvalue weighted by molar-refractivity contribution is -0.124. The third-order valence-corrected chi connectivity index (χ3v) is 6.34. The van der Waals surface area contributed by atoms with Crippen molar-refractivity contribution in [1.82, 2.24) is 9.80 Å². The molecule has 1 saturated heterocycles. The average Bonchev–Trinajstić information content (AvgIpc) is 2.76. The summed E-state index contributed by atoms with van der Waals surface area (Å²) in [6, 6.07) is 18.2. The largest absolute Gasteiger partial charge is 0.339 e. The van der Waals surface area contributed by atoms with Gasteiger partial charge < -0.3 is 4.90 Å². The summed E-state index contributed by atoms with van der Waals surface area (Å²) in [7, 11) is 0. The first kappa shape index (κ1) is 21.3. The van der Waals surface area contributed by atoms with Crippen LogP contribution in [0, 0.1) is 0 Å². The molecule has 0 radical (unpaired) electrons. The quantitative estimate of drug-likeness (QED) is 0.706. The molecular weight excluding hydrogens is 360 g/mol. The Labute approximate surface area is 174 Å². The summed E-state index contributed by atoms with van der Waals surface area (Å²) in [5, 5.41) is 0. The van der Waals surface area contributed by atoms with E-state index in [2.05, 4.69) is 23.1 Å². The summed E-state index contributed by atoms with van der Waals surface area (Å²) < 4.78 is 0. The molecule has 4 nitrogen and oxygen atoms in total. The van der Waals surface area contributed by atoms with E-state index in [-0.39, 0.29) is 17.1 Å². The van der Waals surface area contributed by atoms with Gasteiger partial charge in [0.05, 0.1) is 5.41 Å². The van der Waals surface area contributed by atoms with Gasteiger partial charge in [-0.2, -0.15) is 0 Å². The number of piperidine rings is 1. The zero-order valence-corrected chi connectivity index (χ0v) is 17.9. The van der Waals surface area contributed by atoms with Crippen molar-refractivity contribution in [3.63, 3.8) is 0 Å². The number of amides is 1. The number of Topliss-reactive ketones (excluding diaryl/α,β-unsaturated/α-hetero) is 1. The number of carbonyl (C=O) groups excluding carboxylic acids is 2. The summed E-state index contributed by atoms with van der Waals surface area (Å²) in [6.07, 6.45) is 1.68. The molecule has 2 aromatic rings. The molecule has 0 spiro atoms. The van der Waals surface area contributed by atoms with E-state index in [9.17, 15) is 9.59 Å². The smallest absolute Gasteiger partial charge is 0.253 e. The van der Waals surface area contributed by atoms with Crippen LogP contribution in [0.3, 0.4) is 0 Å². The highest BCUT2D eigenvalue weighted by Crippen LogP contribution is 2.36. The van der Waals surface area contributed by atoms with Gasteiger partial charge in [-0.05, 0) is 70.0 Å². The van der Waals surface area contributed by atoms with Gasteiger partial charge in [-0.25, -0.2) is 0 Å². The Morgan fingerprint density at radius 2 is 1.62 bits per heavy atom. The van der Waals surface area contributed by atoms with Crippen LogP contribution in [0.4, 0.5) is 0 Å². The first-order chi connectivity index (χ1) is 14.0. The second-order valence-electron chi connectivity index (χ2n) is 7.96. The Bertz CT molecular complexity index is 835. The van der Waals surface area contributed by atoms with Crippen molar-refractivity contribution >= 4 is 11.7 Å². The molecule has 1 aliphatic heterocycles. The van der Waals surface area contributed by atoms with Gasteiger partial charge in [0.2, 0.25) is 0 Å². The summed E-state index contributed by atoms with van der Waals surface area (Å²) in [6.45, 7) is 9.75. The summed E-state index contributed by atoms with van der Waals surface area (Å²) in [5.41, 5.74) is 2.68. The molecule has 0 unspecified atom stereocenters. The van der Waals surface area contributed by atoms with E-state index in [1.54, 1.807) is 6.92 Å². The van der Waals surface area contributed by atoms with E-state index >= 15 is 0 Å². The second kappa shape index (κ2) is 9.36. The van der Waals surface area contributed by atoms with Gasteiger partial charge in [0.25, 0.3) is 5.91 Å². The highest BCUT2D eigenvalue weighted by Gasteiger charge is 2.40. The van der Waals surface area contributed by atoms with Crippen LogP contribution in [-0.4, -0.2) is 47.7 Å². The monoisotopic (exact) mass is 392 g/mol. The molecule has 1 amide bonds. The molecule has 0 bridgehead atoms. The molecule has 29 heavy (non-hydrogen) atoms. The minimum Gasteiger partial charge on any atom is -0.339 e. The lowest BCUT2D eigenvalue weighted by Crippen LogP contribution is -2.46. The molecule has 0 aliphatic carbocycles. The number of hydrogen-bond donors (Lipinski definition) is 0. The van der Waals surface area contributed by atoms with Crippen molar-refractivity contribution in [3.8, 4) is 0 Å². The van der Waals surface area contributed by atoms with Crippen molar-refractivity contribution < 1.29 is 9.59 Å². The number of nitrogens with zero attached hydrogens (tertiary/aromatic N) is 2. The van der Waals surface area contributed by atoms with Crippen LogP contribution in [0.5, 0.6) is 0 Å². The van der Waals surface area contributed by atoms with Gasteiger partial charge in [-0.15, -0.1) is 0 Å². The van der Waals surface area contributed by atoms with Crippen molar-refractivity contribution in [3.05, 3.63) is 71.3 Å². The number of ketones is 1. The molecule has 1 aliphatic rings. The molecule has 0 atom stereocenters. The standard InChI is InChI=1S/C25H32N2O2/c1-4-27(5-2)24(29)22-11-9-10-21(18-22)19-26-16-14-25(15-17-26,20(3)28)23-12-7-6-8-13-23/h6-13,18H,4-5,14-17,19H2,1-3H3. The fourth-order valence-corrected chi connectivity index (χ4v) is 4.45. The topological polar surface area (TPSA) is 40.6 Å². The Balaban J connectivity index is 1.69. The molecule has 2 aromatic carbocycles. The maximum absolute atomic E-state index is 12.6. The SMILES string of the molecule is CCN(CC)C(=O)c1cccc(CN2CCC(C(C)=O)(c3ccccc3)CC2)c1. The number of carbonyl (C=O) groups is 2. The number of hydrogen-bond acceptors (Lipinski definition) is 3. The van der Waals surface area contributed by atoms with Crippen LogP contribution < -0.4 is 0 Å². The number of likely N-dealkylation sites (tertiary alicyclic amines) is 1. The van der Waals surface area contributed by atoms with E-state index in [1.165, 1.54) is 0 Å². The third kappa shape index (κ3) is 4.59. The number of benzene rings is 2. The molecule has 1 fully saturated rings. The van der Waals surface area contributed by atoms with E-state index in [0.29, 0.717) is 0 Å². The van der Waals surface area contributed by atoms with Crippen LogP contribution >= 0.6 is 0 Å². The van der Waals surface area contributed by atoms with Gasteiger partial charge in [-0.3, -0.25) is 14.5 Å². The maximum atomic E-state index is 12.6. The lowest BCUT2D eigenvalue weighted by atomic mass is 9.70. The van der Waals surface area contributed by atoms with Crippen LogP contribution in [0.15, 0.2) is 54.6 Å². The van der Waals surface area contributed by atoms with E-state index in [1.807, 2.05) is 55.1 Å². The second-order valence-corrected chi connectivity index (χ2v) is 7.96. The van der Waals surface area contributed by atoms with Gasteiger partial charge in [0.15, 0.2) is 0 Å². The van der Waals surface area contributed by atoms with Crippen molar-refractivity contribution in [2.75, 3.05) is 26.2 Å². The Kier molecular flexibility index (Phi) is 6.86. The fraction of sp³-hybridized carbons (Fsp3) is 0.440. The van der Waals surface area contributed by atoms with E-state index in [0.717, 1.165) is 62.3 Å². The van der Waals surface area contributed by atoms with Crippen molar-refractivity contribution in [2.24, 2.45) is 0 Å². The molecule has 0 N–H and O–H groups in total. The molecule has 0 aromatic heterocycles. The summed E-state index contributed by atoms with van der Waals surface area (Å²) >= 11 is 0. The minimum atomic E-state index is -0.363. The Hall–Kier alpha value is -2.46. The molecular formula is C25H32N2O2. The first-order valence-corrected chi connectivity index (χ1v) is 10.7. The minimum absolute atomic E-state index is 0.0927. The Morgan fingerprint density at radius 3 is 2.21 bits per heavy atom. The predicted molar refractivity (Wildman–Crippen MR) is 117 cm³/mol. The molecule has 1 heterocycles. The van der Waals surface area contributed by atoms with Crippen molar-refractivity contribution in [1.29, 1.82) is 0 Å². The van der Waals surface area contributed by atoms with Gasteiger partial charge in [-0.1, -0.05) is 42.5 Å². The number of rotatable bonds is 7. The molecule has 4 heteroatoms. The highest BCUT2D eigenvalue weighted by atomic mass is 16.2. The zero-order valence-electron chi connectivity index (χ0n) is 17.9. The summed E-state index contributed by atoms with van der Waals surface area (Å²) in [4.78, 5) is 29.5. The Morgan fingerprint density at radius 1 is 0.966 bits per heavy atom. The van der Waals surface area contributed by atoms with Crippen molar-refractivity contribution in [2.45, 2.75) is 45.6 Å². The van der Waals surface area contributed by atoms with Crippen LogP contribution in [0.1, 0.15) is 55.1 Å². The molecule has 154 valence electrons. The van der Waals surface area contributed by atoms with Crippen LogP contribution in [-0.2, 0) is 16.8 Å². The average molecular weight is 393 g/mol. The maximum Gasteiger partial charge on any atom is 0.253 e. The first-order valence-electron chi connectivity index (χ1n) is 10.7. The van der Waals surface area contributed by atoms with Crippen LogP contribution in [0.2, 0.25) is 0 Å². The van der Waals surface area contributed by atoms with E-state index < -0.39 is 0 Å². The van der Waals surface area contributed by atoms with Crippen LogP contribution in [0.25, 0.3) is 0 Å². The van der Waals surface area contributed by atoms with Gasteiger partial charge >= 0.3 is 0 Å². The molecule has 3 rings (SSSR count). The van der Waals surface area contributed by atoms with Gasteiger partial charge in [0, 0.05) is 25.2 Å². The third-order valence-electron chi connectivity index (χ3n) is 6.34. The summed E-state index contributed by atoms with van der Waals surface area (Å²) in [5.74, 6) is 0.352. The molecule has 0 saturated carbocycles. The predicted octanol–water partition coefficient (Wildman–Crippen LogP) is 4.29. The van der Waals surface area contributed by atoms with Gasteiger partial charge in [0.1, 0.15) is 5.78 Å². The lowest BCUT2D eigenvalue weighted by Gasteiger charge is -2.40. The highest BCUT2D eigenvalue weighted by molar-refractivity contribution is 5.94. The normalized spacial score (nSPS) is 16.4.